The fourth-order valence-electron chi connectivity index (χ4n) is 2.06. The van der Waals surface area contributed by atoms with E-state index in [0.717, 1.165) is 21.3 Å². The largest absolute Gasteiger partial charge is 0.362 e. The molecule has 0 spiro atoms. The molecule has 1 amide bonds. The topological polar surface area (TPSA) is 47.4 Å². The molecule has 5 nitrogen and oxygen atoms in total. The standard InChI is InChI=1S/C15H18ClN3O2S/c1-3-15(20)18(9-7-13-4-5-14(16)22-13)10-12-6-8-17-19(12)11-21-2/h3-6,8H,1,7,9-11H2,2H3. The summed E-state index contributed by atoms with van der Waals surface area (Å²) in [6.07, 6.45) is 3.79. The Bertz CT molecular complexity index is 638. The highest BCUT2D eigenvalue weighted by Crippen LogP contribution is 2.22. The van der Waals surface area contributed by atoms with Crippen molar-refractivity contribution >= 4 is 28.8 Å². The van der Waals surface area contributed by atoms with E-state index >= 15 is 0 Å². The van der Waals surface area contributed by atoms with Crippen LogP contribution in [0.3, 0.4) is 0 Å². The van der Waals surface area contributed by atoms with Gasteiger partial charge in [-0.15, -0.1) is 11.3 Å². The second-order valence-corrected chi connectivity index (χ2v) is 6.46. The van der Waals surface area contributed by atoms with Gasteiger partial charge in [0.15, 0.2) is 0 Å². The van der Waals surface area contributed by atoms with E-state index in [-0.39, 0.29) is 5.91 Å². The lowest BCUT2D eigenvalue weighted by Gasteiger charge is -2.21. The monoisotopic (exact) mass is 339 g/mol. The van der Waals surface area contributed by atoms with Gasteiger partial charge in [-0.3, -0.25) is 4.79 Å². The van der Waals surface area contributed by atoms with Gasteiger partial charge >= 0.3 is 0 Å². The summed E-state index contributed by atoms with van der Waals surface area (Å²) in [6.45, 7) is 4.99. The van der Waals surface area contributed by atoms with E-state index in [4.69, 9.17) is 16.3 Å². The molecular formula is C15H18ClN3O2S. The number of carbonyl (C=O) groups is 1. The molecule has 0 fully saturated rings. The van der Waals surface area contributed by atoms with Crippen LogP contribution in [0, 0.1) is 0 Å². The molecule has 0 saturated carbocycles. The number of carbonyl (C=O) groups excluding carboxylic acids is 1. The maximum atomic E-state index is 12.1. The molecule has 2 rings (SSSR count). The van der Waals surface area contributed by atoms with Gasteiger partial charge in [0.2, 0.25) is 5.91 Å². The summed E-state index contributed by atoms with van der Waals surface area (Å²) in [7, 11) is 1.61. The van der Waals surface area contributed by atoms with Gasteiger partial charge in [-0.25, -0.2) is 4.68 Å². The number of amides is 1. The van der Waals surface area contributed by atoms with Crippen molar-refractivity contribution in [1.29, 1.82) is 0 Å². The lowest BCUT2D eigenvalue weighted by atomic mass is 10.3. The third-order valence-electron chi connectivity index (χ3n) is 3.15. The van der Waals surface area contributed by atoms with Crippen LogP contribution in [0.15, 0.2) is 37.1 Å². The number of halogens is 1. The summed E-state index contributed by atoms with van der Waals surface area (Å²) in [5.74, 6) is -0.104. The van der Waals surface area contributed by atoms with Gasteiger partial charge in [-0.2, -0.15) is 5.10 Å². The zero-order valence-electron chi connectivity index (χ0n) is 12.4. The average Bonchev–Trinajstić information content (AvgIpc) is 3.12. The Labute approximate surface area is 138 Å². The smallest absolute Gasteiger partial charge is 0.246 e. The molecule has 0 aromatic carbocycles. The van der Waals surface area contributed by atoms with E-state index in [1.54, 1.807) is 22.9 Å². The molecule has 0 aliphatic rings. The maximum Gasteiger partial charge on any atom is 0.246 e. The van der Waals surface area contributed by atoms with Crippen molar-refractivity contribution < 1.29 is 9.53 Å². The van der Waals surface area contributed by atoms with Crippen LogP contribution in [0.1, 0.15) is 10.6 Å². The van der Waals surface area contributed by atoms with Crippen LogP contribution in [-0.2, 0) is 29.2 Å². The third kappa shape index (κ3) is 4.43. The van der Waals surface area contributed by atoms with Crippen LogP contribution < -0.4 is 0 Å². The number of methoxy groups -OCH3 is 1. The highest BCUT2D eigenvalue weighted by molar-refractivity contribution is 7.16. The number of hydrogen-bond acceptors (Lipinski definition) is 4. The van der Waals surface area contributed by atoms with Crippen LogP contribution in [0.2, 0.25) is 4.34 Å². The summed E-state index contributed by atoms with van der Waals surface area (Å²) < 4.78 is 7.58. The molecule has 2 aromatic rings. The first-order chi connectivity index (χ1) is 10.6. The maximum absolute atomic E-state index is 12.1. The predicted octanol–water partition coefficient (Wildman–Crippen LogP) is 2.96. The van der Waals surface area contributed by atoms with Gasteiger partial charge in [-0.05, 0) is 30.7 Å². The summed E-state index contributed by atoms with van der Waals surface area (Å²) in [6, 6.07) is 5.73. The van der Waals surface area contributed by atoms with Crippen molar-refractivity contribution in [2.24, 2.45) is 0 Å². The van der Waals surface area contributed by atoms with Crippen LogP contribution in [0.5, 0.6) is 0 Å². The zero-order chi connectivity index (χ0) is 15.9. The molecule has 0 atom stereocenters. The lowest BCUT2D eigenvalue weighted by Crippen LogP contribution is -2.32. The first-order valence-corrected chi connectivity index (χ1v) is 7.98. The van der Waals surface area contributed by atoms with Crippen molar-refractivity contribution in [1.82, 2.24) is 14.7 Å². The second-order valence-electron chi connectivity index (χ2n) is 4.66. The fraction of sp³-hybridized carbons (Fsp3) is 0.333. The van der Waals surface area contributed by atoms with E-state index in [1.165, 1.54) is 17.4 Å². The van der Waals surface area contributed by atoms with E-state index in [2.05, 4.69) is 11.7 Å². The van der Waals surface area contributed by atoms with Crippen molar-refractivity contribution in [3.05, 3.63) is 52.0 Å². The first-order valence-electron chi connectivity index (χ1n) is 6.79. The van der Waals surface area contributed by atoms with Crippen LogP contribution >= 0.6 is 22.9 Å². The van der Waals surface area contributed by atoms with Crippen molar-refractivity contribution in [3.8, 4) is 0 Å². The molecule has 0 aliphatic heterocycles. The Morgan fingerprint density at radius 2 is 2.36 bits per heavy atom. The summed E-state index contributed by atoms with van der Waals surface area (Å²) in [5, 5.41) is 4.18. The van der Waals surface area contributed by atoms with Crippen LogP contribution in [0.25, 0.3) is 0 Å². The number of hydrogen-bond donors (Lipinski definition) is 0. The minimum absolute atomic E-state index is 0.104. The van der Waals surface area contributed by atoms with Gasteiger partial charge in [0.25, 0.3) is 0 Å². The highest BCUT2D eigenvalue weighted by atomic mass is 35.5. The molecule has 0 unspecified atom stereocenters. The van der Waals surface area contributed by atoms with E-state index in [0.29, 0.717) is 19.8 Å². The molecule has 0 bridgehead atoms. The van der Waals surface area contributed by atoms with E-state index < -0.39 is 0 Å². The summed E-state index contributed by atoms with van der Waals surface area (Å²) in [5.41, 5.74) is 0.918. The normalized spacial score (nSPS) is 10.6. The minimum Gasteiger partial charge on any atom is -0.362 e. The van der Waals surface area contributed by atoms with Crippen LogP contribution in [-0.4, -0.2) is 34.2 Å². The Morgan fingerprint density at radius 1 is 1.55 bits per heavy atom. The molecule has 22 heavy (non-hydrogen) atoms. The van der Waals surface area contributed by atoms with E-state index in [9.17, 15) is 4.79 Å². The van der Waals surface area contributed by atoms with E-state index in [1.807, 2.05) is 18.2 Å². The van der Waals surface area contributed by atoms with Gasteiger partial charge in [-0.1, -0.05) is 18.2 Å². The average molecular weight is 340 g/mol. The number of aromatic nitrogens is 2. The minimum atomic E-state index is -0.104. The quantitative estimate of drug-likeness (QED) is 0.695. The third-order valence-corrected chi connectivity index (χ3v) is 4.44. The van der Waals surface area contributed by atoms with Gasteiger partial charge in [0.1, 0.15) is 6.73 Å². The summed E-state index contributed by atoms with van der Waals surface area (Å²) in [4.78, 5) is 14.9. The van der Waals surface area contributed by atoms with Crippen molar-refractivity contribution in [2.45, 2.75) is 19.7 Å². The number of ether oxygens (including phenoxy) is 1. The SMILES string of the molecule is C=CC(=O)N(CCc1ccc(Cl)s1)Cc1ccnn1COC. The van der Waals surface area contributed by atoms with Crippen molar-refractivity contribution in [3.63, 3.8) is 0 Å². The lowest BCUT2D eigenvalue weighted by molar-refractivity contribution is -0.126. The molecule has 118 valence electrons. The number of thiophene rings is 1. The molecule has 0 N–H and O–H groups in total. The number of nitrogens with zero attached hydrogens (tertiary/aromatic N) is 3. The Hall–Kier alpha value is -1.63. The molecular weight excluding hydrogens is 322 g/mol. The van der Waals surface area contributed by atoms with Gasteiger partial charge < -0.3 is 9.64 Å². The highest BCUT2D eigenvalue weighted by Gasteiger charge is 2.14. The number of rotatable bonds is 8. The molecule has 2 heterocycles. The molecule has 0 radical (unpaired) electrons. The van der Waals surface area contributed by atoms with Gasteiger partial charge in [0, 0.05) is 24.7 Å². The van der Waals surface area contributed by atoms with Gasteiger partial charge in [0.05, 0.1) is 16.6 Å². The molecule has 2 aromatic heterocycles. The second kappa shape index (κ2) is 8.12. The molecule has 0 saturated heterocycles. The fourth-order valence-corrected chi connectivity index (χ4v) is 3.13. The zero-order valence-corrected chi connectivity index (χ0v) is 13.9. The Kier molecular flexibility index (Phi) is 6.18. The molecule has 0 aliphatic carbocycles. The summed E-state index contributed by atoms with van der Waals surface area (Å²) >= 11 is 7.46. The van der Waals surface area contributed by atoms with Crippen molar-refractivity contribution in [2.75, 3.05) is 13.7 Å². The Balaban J connectivity index is 2.04. The Morgan fingerprint density at radius 3 is 3.00 bits per heavy atom. The van der Waals surface area contributed by atoms with Crippen LogP contribution in [0.4, 0.5) is 0 Å². The molecule has 7 heteroatoms. The first kappa shape index (κ1) is 16.7. The predicted molar refractivity (Wildman–Crippen MR) is 87.9 cm³/mol.